The fourth-order valence-corrected chi connectivity index (χ4v) is 3.53. The van der Waals surface area contributed by atoms with Gasteiger partial charge >= 0.3 is 0 Å². The highest BCUT2D eigenvalue weighted by atomic mass is 32.1. The summed E-state index contributed by atoms with van der Waals surface area (Å²) in [7, 11) is 2.15. The Bertz CT molecular complexity index is 445. The maximum absolute atomic E-state index is 5.92. The van der Waals surface area contributed by atoms with E-state index in [2.05, 4.69) is 45.0 Å². The van der Waals surface area contributed by atoms with E-state index in [1.54, 1.807) is 0 Å². The first kappa shape index (κ1) is 16.9. The van der Waals surface area contributed by atoms with Crippen LogP contribution in [0.15, 0.2) is 0 Å². The zero-order valence-electron chi connectivity index (χ0n) is 14.0. The molecule has 5 heteroatoms. The molecular weight excluding hydrogens is 282 g/mol. The third-order valence-electron chi connectivity index (χ3n) is 3.61. The molecule has 0 aromatic carbocycles. The molecule has 1 N–H and O–H groups in total. The van der Waals surface area contributed by atoms with Crippen molar-refractivity contribution in [1.29, 1.82) is 0 Å². The summed E-state index contributed by atoms with van der Waals surface area (Å²) in [4.78, 5) is 8.62. The summed E-state index contributed by atoms with van der Waals surface area (Å²) in [6, 6.07) is 0.500. The van der Waals surface area contributed by atoms with Crippen molar-refractivity contribution < 1.29 is 4.74 Å². The fourth-order valence-electron chi connectivity index (χ4n) is 2.45. The van der Waals surface area contributed by atoms with Crippen molar-refractivity contribution in [3.05, 3.63) is 15.6 Å². The number of nitrogens with zero attached hydrogens (tertiary/aromatic N) is 2. The summed E-state index contributed by atoms with van der Waals surface area (Å²) in [5.74, 6) is 0.632. The van der Waals surface area contributed by atoms with Gasteiger partial charge in [0, 0.05) is 30.6 Å². The molecule has 1 fully saturated rings. The van der Waals surface area contributed by atoms with Gasteiger partial charge < -0.3 is 15.0 Å². The molecule has 2 heterocycles. The number of hydrogen-bond donors (Lipinski definition) is 1. The standard InChI is InChI=1S/C16H29N3OS/c1-11(2)8-13-15(9-17-12(3)4)21-16(18-13)14-10-19(5)6-7-20-14/h11-12,14,17H,6-10H2,1-5H3. The molecule has 120 valence electrons. The summed E-state index contributed by atoms with van der Waals surface area (Å²) >= 11 is 1.83. The fraction of sp³-hybridized carbons (Fsp3) is 0.812. The SMILES string of the molecule is CC(C)Cc1nc(C2CN(C)CCO2)sc1CNC(C)C. The average Bonchev–Trinajstić information content (AvgIpc) is 2.78. The maximum Gasteiger partial charge on any atom is 0.123 e. The van der Waals surface area contributed by atoms with E-state index in [1.165, 1.54) is 10.6 Å². The van der Waals surface area contributed by atoms with E-state index in [4.69, 9.17) is 9.72 Å². The highest BCUT2D eigenvalue weighted by Crippen LogP contribution is 2.29. The molecule has 0 spiro atoms. The quantitative estimate of drug-likeness (QED) is 0.876. The van der Waals surface area contributed by atoms with Crippen molar-refractivity contribution >= 4 is 11.3 Å². The lowest BCUT2D eigenvalue weighted by molar-refractivity contribution is -0.0210. The molecule has 21 heavy (non-hydrogen) atoms. The Morgan fingerprint density at radius 3 is 2.76 bits per heavy atom. The summed E-state index contributed by atoms with van der Waals surface area (Å²) in [5, 5.41) is 4.67. The van der Waals surface area contributed by atoms with Gasteiger partial charge in [0.25, 0.3) is 0 Å². The van der Waals surface area contributed by atoms with Crippen LogP contribution in [0, 0.1) is 5.92 Å². The Morgan fingerprint density at radius 1 is 1.38 bits per heavy atom. The van der Waals surface area contributed by atoms with Crippen LogP contribution in [0.1, 0.15) is 49.4 Å². The lowest BCUT2D eigenvalue weighted by Crippen LogP contribution is -2.35. The molecule has 1 aromatic heterocycles. The first-order chi connectivity index (χ1) is 9.95. The molecule has 0 amide bonds. The molecule has 1 saturated heterocycles. The number of rotatable bonds is 6. The summed E-state index contributed by atoms with van der Waals surface area (Å²) in [6.07, 6.45) is 1.20. The summed E-state index contributed by atoms with van der Waals surface area (Å²) in [6.45, 7) is 12.6. The number of hydrogen-bond acceptors (Lipinski definition) is 5. The van der Waals surface area contributed by atoms with Crippen molar-refractivity contribution in [2.75, 3.05) is 26.7 Å². The molecule has 0 aliphatic carbocycles. The highest BCUT2D eigenvalue weighted by molar-refractivity contribution is 7.11. The average molecular weight is 311 g/mol. The van der Waals surface area contributed by atoms with Gasteiger partial charge in [-0.25, -0.2) is 4.98 Å². The summed E-state index contributed by atoms with van der Waals surface area (Å²) < 4.78 is 5.92. The Kier molecular flexibility index (Phi) is 6.17. The van der Waals surface area contributed by atoms with Gasteiger partial charge in [0.2, 0.25) is 0 Å². The van der Waals surface area contributed by atoms with Gasteiger partial charge in [-0.05, 0) is 19.4 Å². The van der Waals surface area contributed by atoms with E-state index in [-0.39, 0.29) is 6.10 Å². The third kappa shape index (κ3) is 5.02. The second-order valence-corrected chi connectivity index (χ2v) is 7.79. The Labute approximate surface area is 132 Å². The van der Waals surface area contributed by atoms with E-state index < -0.39 is 0 Å². The molecule has 0 bridgehead atoms. The van der Waals surface area contributed by atoms with Crippen LogP contribution in [0.2, 0.25) is 0 Å². The smallest absolute Gasteiger partial charge is 0.123 e. The van der Waals surface area contributed by atoms with Gasteiger partial charge in [0.15, 0.2) is 0 Å². The van der Waals surface area contributed by atoms with Crippen LogP contribution in [0.4, 0.5) is 0 Å². The largest absolute Gasteiger partial charge is 0.368 e. The van der Waals surface area contributed by atoms with Gasteiger partial charge in [-0.3, -0.25) is 0 Å². The normalized spacial score (nSPS) is 20.6. The van der Waals surface area contributed by atoms with E-state index >= 15 is 0 Å². The van der Waals surface area contributed by atoms with Crippen molar-refractivity contribution in [3.8, 4) is 0 Å². The van der Waals surface area contributed by atoms with E-state index in [0.29, 0.717) is 12.0 Å². The number of morpholine rings is 1. The van der Waals surface area contributed by atoms with Crippen LogP contribution in [0.25, 0.3) is 0 Å². The molecule has 2 rings (SSSR count). The first-order valence-corrected chi connectivity index (χ1v) is 8.79. The molecule has 1 aliphatic rings. The third-order valence-corrected chi connectivity index (χ3v) is 4.80. The van der Waals surface area contributed by atoms with E-state index in [1.807, 2.05) is 11.3 Å². The lowest BCUT2D eigenvalue weighted by Gasteiger charge is -2.28. The van der Waals surface area contributed by atoms with Crippen molar-refractivity contribution in [3.63, 3.8) is 0 Å². The van der Waals surface area contributed by atoms with Gasteiger partial charge in [0.05, 0.1) is 12.3 Å². The Balaban J connectivity index is 2.13. The molecule has 1 aliphatic heterocycles. The topological polar surface area (TPSA) is 37.4 Å². The summed E-state index contributed by atoms with van der Waals surface area (Å²) in [5.41, 5.74) is 1.26. The predicted molar refractivity (Wildman–Crippen MR) is 88.8 cm³/mol. The van der Waals surface area contributed by atoms with Crippen LogP contribution in [0.3, 0.4) is 0 Å². The van der Waals surface area contributed by atoms with Crippen LogP contribution in [-0.2, 0) is 17.7 Å². The van der Waals surface area contributed by atoms with Crippen LogP contribution >= 0.6 is 11.3 Å². The molecule has 4 nitrogen and oxygen atoms in total. The van der Waals surface area contributed by atoms with Crippen molar-refractivity contribution in [1.82, 2.24) is 15.2 Å². The molecule has 1 aromatic rings. The predicted octanol–water partition coefficient (Wildman–Crippen LogP) is 2.84. The molecule has 1 atom stereocenters. The minimum absolute atomic E-state index is 0.146. The minimum Gasteiger partial charge on any atom is -0.368 e. The van der Waals surface area contributed by atoms with E-state index in [0.717, 1.165) is 37.7 Å². The minimum atomic E-state index is 0.146. The van der Waals surface area contributed by atoms with Gasteiger partial charge in [-0.2, -0.15) is 0 Å². The lowest BCUT2D eigenvalue weighted by atomic mass is 10.1. The van der Waals surface area contributed by atoms with Gasteiger partial charge in [0.1, 0.15) is 11.1 Å². The molecule has 0 saturated carbocycles. The number of thiazole rings is 1. The molecule has 1 unspecified atom stereocenters. The number of ether oxygens (including phenoxy) is 1. The zero-order chi connectivity index (χ0) is 15.4. The Morgan fingerprint density at radius 2 is 2.14 bits per heavy atom. The number of likely N-dealkylation sites (N-methyl/N-ethyl adjacent to an activating group) is 1. The molecule has 0 radical (unpaired) electrons. The van der Waals surface area contributed by atoms with Gasteiger partial charge in [-0.15, -0.1) is 11.3 Å². The second-order valence-electron chi connectivity index (χ2n) is 6.68. The zero-order valence-corrected chi connectivity index (χ0v) is 14.8. The maximum atomic E-state index is 5.92. The first-order valence-electron chi connectivity index (χ1n) is 7.97. The monoisotopic (exact) mass is 311 g/mol. The Hall–Kier alpha value is -0.490. The van der Waals surface area contributed by atoms with Crippen LogP contribution < -0.4 is 5.32 Å². The number of nitrogens with one attached hydrogen (secondary N) is 1. The van der Waals surface area contributed by atoms with Gasteiger partial charge in [-0.1, -0.05) is 27.7 Å². The van der Waals surface area contributed by atoms with Crippen LogP contribution in [-0.4, -0.2) is 42.7 Å². The highest BCUT2D eigenvalue weighted by Gasteiger charge is 2.24. The van der Waals surface area contributed by atoms with Crippen molar-refractivity contribution in [2.24, 2.45) is 5.92 Å². The second kappa shape index (κ2) is 7.68. The molecular formula is C16H29N3OS. The van der Waals surface area contributed by atoms with Crippen molar-refractivity contribution in [2.45, 2.75) is 52.8 Å². The van der Waals surface area contributed by atoms with E-state index in [9.17, 15) is 0 Å². The van der Waals surface area contributed by atoms with Crippen LogP contribution in [0.5, 0.6) is 0 Å². The number of aromatic nitrogens is 1.